The van der Waals surface area contributed by atoms with Gasteiger partial charge < -0.3 is 9.47 Å². The van der Waals surface area contributed by atoms with Gasteiger partial charge in [0.2, 0.25) is 5.91 Å². The second-order valence-electron chi connectivity index (χ2n) is 8.08. The summed E-state index contributed by atoms with van der Waals surface area (Å²) in [5, 5.41) is 0. The predicted molar refractivity (Wildman–Crippen MR) is 110 cm³/mol. The van der Waals surface area contributed by atoms with Crippen molar-refractivity contribution in [2.75, 3.05) is 0 Å². The standard InChI is InChI=1S/C21H22F3N5O3/c1-12(13-5-4-6-14(9-13)21(22,23)24)29(15-7-8-15)16(30)10-28-11-25-18-17(28)19(31)27(3)20(32)26(18)2/h4-6,9,11-12,15H,7-8,10H2,1-3H3. The third-order valence-electron chi connectivity index (χ3n) is 5.86. The summed E-state index contributed by atoms with van der Waals surface area (Å²) in [6, 6.07) is 4.30. The molecule has 4 rings (SSSR count). The number of aryl methyl sites for hydroxylation is 1. The van der Waals surface area contributed by atoms with E-state index in [4.69, 9.17) is 0 Å². The Bertz CT molecular complexity index is 1320. The van der Waals surface area contributed by atoms with Crippen LogP contribution in [0.25, 0.3) is 11.2 Å². The lowest BCUT2D eigenvalue weighted by atomic mass is 10.0. The van der Waals surface area contributed by atoms with Crippen LogP contribution in [0.4, 0.5) is 13.2 Å². The van der Waals surface area contributed by atoms with Crippen LogP contribution in [-0.2, 0) is 31.6 Å². The van der Waals surface area contributed by atoms with Crippen LogP contribution in [0.5, 0.6) is 0 Å². The molecule has 1 atom stereocenters. The number of amides is 1. The minimum atomic E-state index is -4.48. The fourth-order valence-corrected chi connectivity index (χ4v) is 3.97. The van der Waals surface area contributed by atoms with Gasteiger partial charge in [0, 0.05) is 20.1 Å². The van der Waals surface area contributed by atoms with Crippen LogP contribution in [-0.4, -0.2) is 35.5 Å². The zero-order chi connectivity index (χ0) is 23.4. The summed E-state index contributed by atoms with van der Waals surface area (Å²) in [6.45, 7) is 1.48. The van der Waals surface area contributed by atoms with E-state index < -0.39 is 29.0 Å². The highest BCUT2D eigenvalue weighted by atomic mass is 19.4. The Morgan fingerprint density at radius 1 is 1.22 bits per heavy atom. The Morgan fingerprint density at radius 3 is 2.53 bits per heavy atom. The molecule has 0 N–H and O–H groups in total. The number of halogens is 3. The van der Waals surface area contributed by atoms with Crippen LogP contribution in [0.2, 0.25) is 0 Å². The fourth-order valence-electron chi connectivity index (χ4n) is 3.97. The summed E-state index contributed by atoms with van der Waals surface area (Å²) < 4.78 is 43.0. The Kier molecular flexibility index (Phi) is 5.22. The lowest BCUT2D eigenvalue weighted by Crippen LogP contribution is -2.39. The van der Waals surface area contributed by atoms with Crippen molar-refractivity contribution in [3.8, 4) is 0 Å². The number of imidazole rings is 1. The molecular weight excluding hydrogens is 427 g/mol. The molecule has 1 aliphatic carbocycles. The van der Waals surface area contributed by atoms with Gasteiger partial charge in [-0.05, 0) is 37.5 Å². The Balaban J connectivity index is 1.68. The van der Waals surface area contributed by atoms with Gasteiger partial charge in [-0.15, -0.1) is 0 Å². The fraction of sp³-hybridized carbons (Fsp3) is 0.429. The molecule has 1 aromatic carbocycles. The van der Waals surface area contributed by atoms with Crippen molar-refractivity contribution >= 4 is 17.1 Å². The smallest absolute Gasteiger partial charge is 0.331 e. The van der Waals surface area contributed by atoms with Gasteiger partial charge in [0.1, 0.15) is 6.54 Å². The Hall–Kier alpha value is -3.37. The summed E-state index contributed by atoms with van der Waals surface area (Å²) >= 11 is 0. The number of nitrogens with zero attached hydrogens (tertiary/aromatic N) is 5. The van der Waals surface area contributed by atoms with Gasteiger partial charge in [-0.3, -0.25) is 18.7 Å². The van der Waals surface area contributed by atoms with Gasteiger partial charge in [0.05, 0.1) is 17.9 Å². The van der Waals surface area contributed by atoms with E-state index in [1.54, 1.807) is 17.9 Å². The SMILES string of the molecule is CC(c1cccc(C(F)(F)F)c1)N(C(=O)Cn1cnc2c1c(=O)n(C)c(=O)n2C)C1CC1. The first kappa shape index (κ1) is 21.8. The van der Waals surface area contributed by atoms with Crippen LogP contribution in [0.3, 0.4) is 0 Å². The molecule has 1 saturated carbocycles. The number of carbonyl (C=O) groups excluding carboxylic acids is 1. The molecule has 1 aliphatic rings. The molecule has 3 aromatic rings. The largest absolute Gasteiger partial charge is 0.416 e. The molecule has 1 amide bonds. The van der Waals surface area contributed by atoms with E-state index in [1.807, 2.05) is 0 Å². The Morgan fingerprint density at radius 2 is 1.91 bits per heavy atom. The quantitative estimate of drug-likeness (QED) is 0.598. The first-order chi connectivity index (χ1) is 15.0. The van der Waals surface area contributed by atoms with Crippen LogP contribution in [0.1, 0.15) is 36.9 Å². The average molecular weight is 449 g/mol. The summed E-state index contributed by atoms with van der Waals surface area (Å²) in [5.41, 5.74) is -1.21. The first-order valence-corrected chi connectivity index (χ1v) is 10.1. The van der Waals surface area contributed by atoms with E-state index in [1.165, 1.54) is 35.6 Å². The molecule has 11 heteroatoms. The molecule has 32 heavy (non-hydrogen) atoms. The summed E-state index contributed by atoms with van der Waals surface area (Å²) in [6.07, 6.45) is -1.63. The molecule has 170 valence electrons. The van der Waals surface area contributed by atoms with Gasteiger partial charge in [0.15, 0.2) is 11.2 Å². The lowest BCUT2D eigenvalue weighted by Gasteiger charge is -2.30. The number of fused-ring (bicyclic) bond motifs is 1. The zero-order valence-electron chi connectivity index (χ0n) is 17.8. The van der Waals surface area contributed by atoms with E-state index >= 15 is 0 Å². The highest BCUT2D eigenvalue weighted by Crippen LogP contribution is 2.37. The molecule has 2 aromatic heterocycles. The molecule has 0 aliphatic heterocycles. The molecule has 0 bridgehead atoms. The highest BCUT2D eigenvalue weighted by molar-refractivity contribution is 5.80. The van der Waals surface area contributed by atoms with Gasteiger partial charge >= 0.3 is 11.9 Å². The van der Waals surface area contributed by atoms with Gasteiger partial charge in [-0.25, -0.2) is 9.78 Å². The van der Waals surface area contributed by atoms with Crippen molar-refractivity contribution in [1.82, 2.24) is 23.6 Å². The van der Waals surface area contributed by atoms with Crippen LogP contribution in [0.15, 0.2) is 40.2 Å². The van der Waals surface area contributed by atoms with Crippen molar-refractivity contribution < 1.29 is 18.0 Å². The van der Waals surface area contributed by atoms with Crippen LogP contribution in [0, 0.1) is 0 Å². The summed E-state index contributed by atoms with van der Waals surface area (Å²) in [7, 11) is 2.82. The van der Waals surface area contributed by atoms with Crippen LogP contribution >= 0.6 is 0 Å². The van der Waals surface area contributed by atoms with Crippen molar-refractivity contribution in [1.29, 1.82) is 0 Å². The maximum absolute atomic E-state index is 13.3. The average Bonchev–Trinajstić information content (AvgIpc) is 3.49. The minimum absolute atomic E-state index is 0.0750. The maximum Gasteiger partial charge on any atom is 0.416 e. The van der Waals surface area contributed by atoms with Gasteiger partial charge in [-0.2, -0.15) is 13.2 Å². The van der Waals surface area contributed by atoms with E-state index in [0.29, 0.717) is 5.56 Å². The number of hydrogen-bond acceptors (Lipinski definition) is 4. The number of alkyl halides is 3. The summed E-state index contributed by atoms with van der Waals surface area (Å²) in [4.78, 5) is 43.7. The topological polar surface area (TPSA) is 82.1 Å². The second kappa shape index (κ2) is 7.64. The first-order valence-electron chi connectivity index (χ1n) is 10.1. The molecule has 8 nitrogen and oxygen atoms in total. The van der Waals surface area contributed by atoms with Crippen molar-refractivity contribution in [2.24, 2.45) is 14.1 Å². The monoisotopic (exact) mass is 449 g/mol. The number of aromatic nitrogens is 4. The molecule has 0 radical (unpaired) electrons. The van der Waals surface area contributed by atoms with Crippen molar-refractivity contribution in [2.45, 2.75) is 44.6 Å². The second-order valence-corrected chi connectivity index (χ2v) is 8.08. The molecule has 2 heterocycles. The van der Waals surface area contributed by atoms with Gasteiger partial charge in [0.25, 0.3) is 5.56 Å². The van der Waals surface area contributed by atoms with Crippen molar-refractivity contribution in [3.63, 3.8) is 0 Å². The number of benzene rings is 1. The van der Waals surface area contributed by atoms with Crippen molar-refractivity contribution in [3.05, 3.63) is 62.6 Å². The lowest BCUT2D eigenvalue weighted by molar-refractivity contribution is -0.137. The minimum Gasteiger partial charge on any atom is -0.331 e. The third kappa shape index (κ3) is 3.71. The Labute approximate surface area is 180 Å². The third-order valence-corrected chi connectivity index (χ3v) is 5.86. The van der Waals surface area contributed by atoms with E-state index in [2.05, 4.69) is 4.98 Å². The van der Waals surface area contributed by atoms with E-state index in [-0.39, 0.29) is 29.7 Å². The molecule has 1 fully saturated rings. The van der Waals surface area contributed by atoms with Crippen LogP contribution < -0.4 is 11.2 Å². The predicted octanol–water partition coefficient (Wildman–Crippen LogP) is 2.20. The molecule has 1 unspecified atom stereocenters. The molecule has 0 saturated heterocycles. The zero-order valence-corrected chi connectivity index (χ0v) is 17.8. The summed E-state index contributed by atoms with van der Waals surface area (Å²) in [5.74, 6) is -0.340. The normalized spacial score (nSPS) is 15.2. The number of hydrogen-bond donors (Lipinski definition) is 0. The number of rotatable bonds is 5. The molecule has 0 spiro atoms. The maximum atomic E-state index is 13.3. The van der Waals surface area contributed by atoms with E-state index in [9.17, 15) is 27.6 Å². The number of carbonyl (C=O) groups is 1. The molecular formula is C21H22F3N5O3. The van der Waals surface area contributed by atoms with E-state index in [0.717, 1.165) is 29.5 Å². The van der Waals surface area contributed by atoms with Gasteiger partial charge in [-0.1, -0.05) is 12.1 Å². The highest BCUT2D eigenvalue weighted by Gasteiger charge is 2.37.